The Bertz CT molecular complexity index is 1330. The zero-order valence-corrected chi connectivity index (χ0v) is 22.3. The van der Waals surface area contributed by atoms with Crippen molar-refractivity contribution >= 4 is 23.3 Å². The van der Waals surface area contributed by atoms with Crippen LogP contribution in [-0.2, 0) is 20.8 Å². The summed E-state index contributed by atoms with van der Waals surface area (Å²) in [6.45, 7) is 4.72. The van der Waals surface area contributed by atoms with Crippen LogP contribution < -0.4 is 15.6 Å². The second-order valence-corrected chi connectivity index (χ2v) is 10.7. The van der Waals surface area contributed by atoms with E-state index in [9.17, 15) is 9.59 Å². The number of nitrogens with zero attached hydrogens (tertiary/aromatic N) is 4. The largest absolute Gasteiger partial charge is 0.454 e. The fraction of sp³-hybridized carbons (Fsp3) is 0.481. The van der Waals surface area contributed by atoms with E-state index in [-0.39, 0.29) is 17.8 Å². The van der Waals surface area contributed by atoms with Crippen LogP contribution in [0, 0.1) is 5.92 Å². The topological polar surface area (TPSA) is 110 Å². The number of aromatic nitrogens is 4. The number of ether oxygens (including phenoxy) is 3. The van der Waals surface area contributed by atoms with Crippen LogP contribution in [0.5, 0.6) is 11.5 Å². The molecule has 5 rings (SSSR count). The lowest BCUT2D eigenvalue weighted by Gasteiger charge is -2.21. The molecule has 1 aliphatic carbocycles. The van der Waals surface area contributed by atoms with E-state index in [0.29, 0.717) is 42.1 Å². The number of nitrogens with one attached hydrogen (secondary N) is 1. The van der Waals surface area contributed by atoms with Gasteiger partial charge in [0.05, 0.1) is 24.4 Å². The third kappa shape index (κ3) is 6.43. The minimum Gasteiger partial charge on any atom is -0.454 e. The summed E-state index contributed by atoms with van der Waals surface area (Å²) in [6.07, 6.45) is 7.91. The number of hydrogen-bond acceptors (Lipinski definition) is 7. The highest BCUT2D eigenvalue weighted by Crippen LogP contribution is 2.32. The molecule has 1 aliphatic heterocycles. The van der Waals surface area contributed by atoms with Gasteiger partial charge in [-0.3, -0.25) is 14.3 Å². The first-order valence-electron chi connectivity index (χ1n) is 12.9. The summed E-state index contributed by atoms with van der Waals surface area (Å²) < 4.78 is 20.1. The minimum atomic E-state index is -0.780. The maximum atomic E-state index is 13.5. The molecule has 3 heterocycles. The Morgan fingerprint density at radius 2 is 2.05 bits per heavy atom. The number of para-hydroxylation sites is 1. The van der Waals surface area contributed by atoms with Crippen LogP contribution in [0.4, 0.5) is 5.82 Å². The molecular formula is C27H32ClN5O5. The Hall–Kier alpha value is -3.21. The van der Waals surface area contributed by atoms with Crippen LogP contribution in [-0.4, -0.2) is 44.0 Å². The highest BCUT2D eigenvalue weighted by Gasteiger charge is 2.33. The van der Waals surface area contributed by atoms with Crippen LogP contribution in [0.25, 0.3) is 0 Å². The van der Waals surface area contributed by atoms with Crippen molar-refractivity contribution < 1.29 is 19.0 Å². The highest BCUT2D eigenvalue weighted by atomic mass is 35.5. The molecule has 0 bridgehead atoms. The number of halogens is 1. The molecule has 1 saturated carbocycles. The Balaban J connectivity index is 1.30. The first-order valence-corrected chi connectivity index (χ1v) is 13.3. The molecule has 2 aliphatic rings. The number of amides is 1. The van der Waals surface area contributed by atoms with Crippen molar-refractivity contribution in [2.75, 3.05) is 11.9 Å². The number of benzene rings is 1. The number of carbonyl (C=O) groups excluding carboxylic acids is 1. The van der Waals surface area contributed by atoms with Crippen molar-refractivity contribution in [3.05, 3.63) is 64.2 Å². The highest BCUT2D eigenvalue weighted by molar-refractivity contribution is 6.32. The molecule has 1 unspecified atom stereocenters. The van der Waals surface area contributed by atoms with Crippen molar-refractivity contribution in [2.24, 2.45) is 5.92 Å². The van der Waals surface area contributed by atoms with Gasteiger partial charge in [0.2, 0.25) is 0 Å². The molecule has 1 N–H and O–H groups in total. The molecule has 1 saturated heterocycles. The van der Waals surface area contributed by atoms with Crippen LogP contribution in [0.2, 0.25) is 5.02 Å². The maximum Gasteiger partial charge on any atom is 0.271 e. The van der Waals surface area contributed by atoms with Crippen molar-refractivity contribution in [3.8, 4) is 11.5 Å². The third-order valence-corrected chi connectivity index (χ3v) is 7.16. The number of carbonyl (C=O) groups is 1. The molecule has 1 aromatic carbocycles. The molecule has 2 atom stereocenters. The zero-order valence-electron chi connectivity index (χ0n) is 21.5. The number of anilines is 1. The number of hydrogen-bond donors (Lipinski definition) is 1. The second-order valence-electron chi connectivity index (χ2n) is 10.3. The average molecular weight is 542 g/mol. The lowest BCUT2D eigenvalue weighted by Crippen LogP contribution is -2.36. The van der Waals surface area contributed by atoms with Crippen molar-refractivity contribution in [2.45, 2.75) is 70.4 Å². The Morgan fingerprint density at radius 1 is 1.26 bits per heavy atom. The number of rotatable bonds is 9. The van der Waals surface area contributed by atoms with E-state index < -0.39 is 17.4 Å². The zero-order chi connectivity index (χ0) is 26.7. The van der Waals surface area contributed by atoms with Gasteiger partial charge in [0, 0.05) is 18.3 Å². The Morgan fingerprint density at radius 3 is 2.76 bits per heavy atom. The molecule has 2 fully saturated rings. The summed E-state index contributed by atoms with van der Waals surface area (Å²) >= 11 is 6.17. The fourth-order valence-electron chi connectivity index (χ4n) is 5.03. The van der Waals surface area contributed by atoms with Crippen LogP contribution in [0.3, 0.4) is 0 Å². The van der Waals surface area contributed by atoms with Gasteiger partial charge in [-0.2, -0.15) is 10.2 Å². The first kappa shape index (κ1) is 26.4. The minimum absolute atomic E-state index is 0.127. The van der Waals surface area contributed by atoms with E-state index in [1.165, 1.54) is 16.9 Å². The van der Waals surface area contributed by atoms with E-state index in [2.05, 4.69) is 15.5 Å². The van der Waals surface area contributed by atoms with Crippen molar-refractivity contribution in [1.82, 2.24) is 19.6 Å². The van der Waals surface area contributed by atoms with Gasteiger partial charge in [0.15, 0.2) is 17.4 Å². The SMILES string of the molecule is CC1(C)OC[C@@H](Cn2ccc(NC(=O)C(CC3CCCC3)n3ncc(Oc4ccccc4Cl)cc3=O)n2)O1. The summed E-state index contributed by atoms with van der Waals surface area (Å²) in [5.74, 6) is 0.464. The molecule has 0 spiro atoms. The second kappa shape index (κ2) is 11.3. The Kier molecular flexibility index (Phi) is 7.83. The first-order chi connectivity index (χ1) is 18.3. The standard InChI is InChI=1S/C27H32ClN5O5/c1-27(2)36-17-20(38-27)16-32-12-11-24(31-32)30-26(35)22(13-18-7-3-4-8-18)33-25(34)14-19(15-29-33)37-23-10-6-5-9-21(23)28/h5-6,9-12,14-15,18,20,22H,3-4,7-8,13,16-17H2,1-2H3,(H,30,31,35)/t20-,22?/m1/s1. The van der Waals surface area contributed by atoms with E-state index in [4.69, 9.17) is 25.8 Å². The molecule has 3 aromatic rings. The van der Waals surface area contributed by atoms with E-state index in [1.54, 1.807) is 41.2 Å². The van der Waals surface area contributed by atoms with Gasteiger partial charge in [0.25, 0.3) is 11.5 Å². The lowest BCUT2D eigenvalue weighted by molar-refractivity contribution is -0.139. The molecular weight excluding hydrogens is 510 g/mol. The summed E-state index contributed by atoms with van der Waals surface area (Å²) in [5, 5.41) is 12.1. The lowest BCUT2D eigenvalue weighted by atomic mass is 9.98. The van der Waals surface area contributed by atoms with Crippen LogP contribution >= 0.6 is 11.6 Å². The normalized spacial score (nSPS) is 19.9. The molecule has 1 amide bonds. The predicted molar refractivity (Wildman–Crippen MR) is 141 cm³/mol. The molecule has 38 heavy (non-hydrogen) atoms. The van der Waals surface area contributed by atoms with E-state index in [1.807, 2.05) is 13.8 Å². The van der Waals surface area contributed by atoms with Gasteiger partial charge in [-0.1, -0.05) is 49.4 Å². The summed E-state index contributed by atoms with van der Waals surface area (Å²) in [4.78, 5) is 26.6. The molecule has 202 valence electrons. The summed E-state index contributed by atoms with van der Waals surface area (Å²) in [7, 11) is 0. The van der Waals surface area contributed by atoms with Crippen LogP contribution in [0.1, 0.15) is 52.0 Å². The van der Waals surface area contributed by atoms with Gasteiger partial charge in [-0.25, -0.2) is 4.68 Å². The van der Waals surface area contributed by atoms with Crippen molar-refractivity contribution in [3.63, 3.8) is 0 Å². The summed E-state index contributed by atoms with van der Waals surface area (Å²) in [5.41, 5.74) is -0.431. The maximum absolute atomic E-state index is 13.5. The monoisotopic (exact) mass is 541 g/mol. The fourth-order valence-corrected chi connectivity index (χ4v) is 5.20. The average Bonchev–Trinajstić information content (AvgIpc) is 3.62. The third-order valence-electron chi connectivity index (χ3n) is 6.84. The van der Waals surface area contributed by atoms with E-state index in [0.717, 1.165) is 25.7 Å². The van der Waals surface area contributed by atoms with Crippen molar-refractivity contribution in [1.29, 1.82) is 0 Å². The predicted octanol–water partition coefficient (Wildman–Crippen LogP) is 4.80. The van der Waals surface area contributed by atoms with Gasteiger partial charge in [-0.05, 0) is 38.3 Å². The molecule has 0 radical (unpaired) electrons. The van der Waals surface area contributed by atoms with Gasteiger partial charge in [-0.15, -0.1) is 0 Å². The molecule has 10 nitrogen and oxygen atoms in total. The quantitative estimate of drug-likeness (QED) is 0.414. The Labute approximate surface area is 225 Å². The molecule has 2 aromatic heterocycles. The van der Waals surface area contributed by atoms with Gasteiger partial charge >= 0.3 is 0 Å². The van der Waals surface area contributed by atoms with Crippen LogP contribution in [0.15, 0.2) is 53.6 Å². The van der Waals surface area contributed by atoms with Gasteiger partial charge < -0.3 is 19.5 Å². The van der Waals surface area contributed by atoms with Gasteiger partial charge in [0.1, 0.15) is 17.9 Å². The smallest absolute Gasteiger partial charge is 0.271 e. The molecule has 11 heteroatoms. The summed E-state index contributed by atoms with van der Waals surface area (Å²) in [6, 6.07) is 9.25. The van der Waals surface area contributed by atoms with E-state index >= 15 is 0 Å².